The summed E-state index contributed by atoms with van der Waals surface area (Å²) in [7, 11) is 0. The van der Waals surface area contributed by atoms with Crippen LogP contribution in [-0.2, 0) is 6.42 Å². The van der Waals surface area contributed by atoms with Crippen LogP contribution in [0.4, 0.5) is 11.5 Å². The van der Waals surface area contributed by atoms with E-state index in [-0.39, 0.29) is 0 Å². The van der Waals surface area contributed by atoms with Crippen LogP contribution in [0, 0.1) is 0 Å². The van der Waals surface area contributed by atoms with Crippen LogP contribution in [0.15, 0.2) is 17.3 Å². The highest BCUT2D eigenvalue weighted by Crippen LogP contribution is 2.24. The van der Waals surface area contributed by atoms with Crippen LogP contribution in [-0.4, -0.2) is 11.2 Å². The van der Waals surface area contributed by atoms with Crippen molar-refractivity contribution in [1.29, 1.82) is 0 Å². The van der Waals surface area contributed by atoms with Gasteiger partial charge in [-0.25, -0.2) is 4.98 Å². The summed E-state index contributed by atoms with van der Waals surface area (Å²) in [6.07, 6.45) is 4.37. The Morgan fingerprint density at radius 3 is 3.00 bits per heavy atom. The predicted molar refractivity (Wildman–Crippen MR) is 51.9 cm³/mol. The molecule has 0 bridgehead atoms. The number of rotatable bonds is 2. The van der Waals surface area contributed by atoms with Gasteiger partial charge in [0.1, 0.15) is 11.5 Å². The molecule has 0 aromatic carbocycles. The molecule has 3 heteroatoms. The van der Waals surface area contributed by atoms with Crippen molar-refractivity contribution in [3.8, 4) is 0 Å². The molecule has 2 N–H and O–H groups in total. The molecule has 0 atom stereocenters. The fourth-order valence-corrected chi connectivity index (χ4v) is 1.08. The molecule has 1 aromatic rings. The molecule has 1 aromatic heterocycles. The molecule has 0 saturated heterocycles. The maximum Gasteiger partial charge on any atom is 0.149 e. The summed E-state index contributed by atoms with van der Waals surface area (Å²) in [6, 6.07) is 1.94. The molecule has 0 unspecified atom stereocenters. The summed E-state index contributed by atoms with van der Waals surface area (Å²) >= 11 is 0. The summed E-state index contributed by atoms with van der Waals surface area (Å²) < 4.78 is 0. The van der Waals surface area contributed by atoms with E-state index in [4.69, 9.17) is 5.73 Å². The molecule has 3 nitrogen and oxygen atoms in total. The first kappa shape index (κ1) is 8.71. The number of hydrogen-bond acceptors (Lipinski definition) is 3. The number of nitrogens with two attached hydrogens (primary N) is 1. The number of hydrogen-bond donors (Lipinski definition) is 1. The highest BCUT2D eigenvalue weighted by Gasteiger charge is 2.02. The van der Waals surface area contributed by atoms with Gasteiger partial charge in [-0.2, -0.15) is 0 Å². The summed E-state index contributed by atoms with van der Waals surface area (Å²) in [5.74, 6) is 0.507. The molecule has 0 fully saturated rings. The Bertz CT molecular complexity index is 292. The van der Waals surface area contributed by atoms with Crippen molar-refractivity contribution in [3.63, 3.8) is 0 Å². The lowest BCUT2D eigenvalue weighted by atomic mass is 10.2. The highest BCUT2D eigenvalue weighted by molar-refractivity contribution is 5.69. The Labute approximate surface area is 72.3 Å². The number of aryl methyl sites for hydroxylation is 1. The molecular weight excluding hydrogens is 150 g/mol. The monoisotopic (exact) mass is 163 g/mol. The largest absolute Gasteiger partial charge is 0.382 e. The first-order chi connectivity index (χ1) is 5.79. The molecule has 0 aliphatic heterocycles. The van der Waals surface area contributed by atoms with Gasteiger partial charge < -0.3 is 5.73 Å². The van der Waals surface area contributed by atoms with E-state index in [9.17, 15) is 0 Å². The van der Waals surface area contributed by atoms with Gasteiger partial charge in [-0.15, -0.1) is 0 Å². The van der Waals surface area contributed by atoms with Gasteiger partial charge in [0, 0.05) is 12.4 Å². The van der Waals surface area contributed by atoms with Crippen molar-refractivity contribution in [2.75, 3.05) is 5.73 Å². The van der Waals surface area contributed by atoms with E-state index in [1.54, 1.807) is 12.4 Å². The summed E-state index contributed by atoms with van der Waals surface area (Å²) in [4.78, 5) is 8.13. The summed E-state index contributed by atoms with van der Waals surface area (Å²) in [6.45, 7) is 3.94. The fraction of sp³-hybridized carbons (Fsp3) is 0.333. The molecule has 1 rings (SSSR count). The van der Waals surface area contributed by atoms with Crippen LogP contribution in [0.1, 0.15) is 19.4 Å². The third-order valence-corrected chi connectivity index (χ3v) is 1.68. The van der Waals surface area contributed by atoms with Crippen molar-refractivity contribution < 1.29 is 0 Å². The van der Waals surface area contributed by atoms with Gasteiger partial charge in [0.25, 0.3) is 0 Å². The van der Waals surface area contributed by atoms with Gasteiger partial charge in [-0.05, 0) is 25.0 Å². The van der Waals surface area contributed by atoms with Gasteiger partial charge >= 0.3 is 0 Å². The SMILES string of the molecule is CC=Nc1c(CC)ccnc1N. The van der Waals surface area contributed by atoms with E-state index in [1.165, 1.54) is 0 Å². The molecule has 0 aliphatic carbocycles. The fourth-order valence-electron chi connectivity index (χ4n) is 1.08. The van der Waals surface area contributed by atoms with Crippen LogP contribution in [0.25, 0.3) is 0 Å². The van der Waals surface area contributed by atoms with Crippen molar-refractivity contribution in [3.05, 3.63) is 17.8 Å². The van der Waals surface area contributed by atoms with Crippen LogP contribution in [0.3, 0.4) is 0 Å². The van der Waals surface area contributed by atoms with E-state index >= 15 is 0 Å². The van der Waals surface area contributed by atoms with Crippen molar-refractivity contribution in [2.24, 2.45) is 4.99 Å². The van der Waals surface area contributed by atoms with Crippen molar-refractivity contribution in [1.82, 2.24) is 4.98 Å². The zero-order chi connectivity index (χ0) is 8.97. The maximum atomic E-state index is 5.66. The Morgan fingerprint density at radius 1 is 1.67 bits per heavy atom. The maximum absolute atomic E-state index is 5.66. The van der Waals surface area contributed by atoms with Crippen LogP contribution in [0.2, 0.25) is 0 Å². The zero-order valence-electron chi connectivity index (χ0n) is 7.41. The third-order valence-electron chi connectivity index (χ3n) is 1.68. The molecule has 0 radical (unpaired) electrons. The van der Waals surface area contributed by atoms with Crippen LogP contribution >= 0.6 is 0 Å². The number of pyridine rings is 1. The molecular formula is C9H13N3. The third kappa shape index (κ3) is 1.61. The Morgan fingerprint density at radius 2 is 2.42 bits per heavy atom. The second-order valence-corrected chi connectivity index (χ2v) is 2.44. The average molecular weight is 163 g/mol. The van der Waals surface area contributed by atoms with E-state index in [2.05, 4.69) is 16.9 Å². The standard InChI is InChI=1S/C9H13N3/c1-3-7-5-6-12-9(10)8(7)11-4-2/h4-6H,3H2,1-2H3,(H2,10,12). The van der Waals surface area contributed by atoms with Gasteiger partial charge in [-0.1, -0.05) is 6.92 Å². The quantitative estimate of drug-likeness (QED) is 0.677. The second kappa shape index (κ2) is 3.85. The number of nitrogen functional groups attached to an aromatic ring is 1. The van der Waals surface area contributed by atoms with E-state index in [0.717, 1.165) is 17.7 Å². The second-order valence-electron chi connectivity index (χ2n) is 2.44. The highest BCUT2D eigenvalue weighted by atomic mass is 14.9. The number of nitrogens with zero attached hydrogens (tertiary/aromatic N) is 2. The lowest BCUT2D eigenvalue weighted by Gasteiger charge is -2.03. The minimum Gasteiger partial charge on any atom is -0.382 e. The zero-order valence-corrected chi connectivity index (χ0v) is 7.41. The molecule has 64 valence electrons. The average Bonchev–Trinajstić information content (AvgIpc) is 2.09. The number of anilines is 1. The number of aliphatic imine (C=N–C) groups is 1. The molecule has 1 heterocycles. The first-order valence-corrected chi connectivity index (χ1v) is 4.01. The van der Waals surface area contributed by atoms with Gasteiger partial charge in [0.2, 0.25) is 0 Å². The first-order valence-electron chi connectivity index (χ1n) is 4.01. The molecule has 0 spiro atoms. The Kier molecular flexibility index (Phi) is 2.80. The molecule has 12 heavy (non-hydrogen) atoms. The number of aromatic nitrogens is 1. The smallest absolute Gasteiger partial charge is 0.149 e. The van der Waals surface area contributed by atoms with E-state index in [1.807, 2.05) is 13.0 Å². The minimum atomic E-state index is 0.507. The lowest BCUT2D eigenvalue weighted by molar-refractivity contribution is 1.11. The van der Waals surface area contributed by atoms with E-state index in [0.29, 0.717) is 5.82 Å². The summed E-state index contributed by atoms with van der Waals surface area (Å²) in [5, 5.41) is 0. The van der Waals surface area contributed by atoms with E-state index < -0.39 is 0 Å². The minimum absolute atomic E-state index is 0.507. The van der Waals surface area contributed by atoms with Crippen LogP contribution < -0.4 is 5.73 Å². The van der Waals surface area contributed by atoms with Gasteiger partial charge in [0.15, 0.2) is 0 Å². The Balaban J connectivity index is 3.19. The van der Waals surface area contributed by atoms with Gasteiger partial charge in [0.05, 0.1) is 0 Å². The van der Waals surface area contributed by atoms with Crippen LogP contribution in [0.5, 0.6) is 0 Å². The normalized spacial score (nSPS) is 10.8. The Hall–Kier alpha value is -1.38. The molecule has 0 aliphatic rings. The molecule has 0 saturated carbocycles. The molecule has 0 amide bonds. The van der Waals surface area contributed by atoms with Crippen molar-refractivity contribution in [2.45, 2.75) is 20.3 Å². The van der Waals surface area contributed by atoms with Gasteiger partial charge in [-0.3, -0.25) is 4.99 Å². The van der Waals surface area contributed by atoms with Crippen molar-refractivity contribution >= 4 is 17.7 Å². The lowest BCUT2D eigenvalue weighted by Crippen LogP contribution is -1.93. The summed E-state index contributed by atoms with van der Waals surface area (Å²) in [5.41, 5.74) is 7.61. The topological polar surface area (TPSA) is 51.3 Å². The predicted octanol–water partition coefficient (Wildman–Crippen LogP) is 1.95.